The zero-order chi connectivity index (χ0) is 4.41. The molecule has 0 amide bonds. The lowest BCUT2D eigenvalue weighted by Gasteiger charge is -1.76. The molecule has 0 saturated carbocycles. The lowest BCUT2D eigenvalue weighted by atomic mass is 10.5. The molecule has 0 bridgehead atoms. The summed E-state index contributed by atoms with van der Waals surface area (Å²) in [6.45, 7) is 0. The molecule has 1 aliphatic heterocycles. The van der Waals surface area contributed by atoms with E-state index in [0.29, 0.717) is 0 Å². The first-order valence-electron chi connectivity index (χ1n) is 1.84. The van der Waals surface area contributed by atoms with Crippen molar-refractivity contribution in [3.63, 3.8) is 0 Å². The van der Waals surface area contributed by atoms with E-state index in [0.717, 1.165) is 18.0 Å². The standard InChI is InChI=1S/C3H6N2S/c4-3-1-2-6-5-3/h1-2H2,(H2,4,5). The first-order chi connectivity index (χ1) is 2.89. The fraction of sp³-hybridized carbons (Fsp3) is 0.667. The van der Waals surface area contributed by atoms with Crippen LogP contribution in [0.4, 0.5) is 0 Å². The van der Waals surface area contributed by atoms with E-state index in [9.17, 15) is 0 Å². The van der Waals surface area contributed by atoms with Crippen molar-refractivity contribution >= 4 is 17.8 Å². The van der Waals surface area contributed by atoms with Crippen molar-refractivity contribution < 1.29 is 0 Å². The molecule has 34 valence electrons. The molecule has 1 aliphatic rings. The van der Waals surface area contributed by atoms with Gasteiger partial charge in [-0.1, -0.05) is 0 Å². The number of rotatable bonds is 0. The second-order valence-corrected chi connectivity index (χ2v) is 2.01. The quantitative estimate of drug-likeness (QED) is 0.449. The molecule has 0 saturated heterocycles. The van der Waals surface area contributed by atoms with Gasteiger partial charge in [0.25, 0.3) is 0 Å². The third-order valence-corrected chi connectivity index (χ3v) is 1.38. The summed E-state index contributed by atoms with van der Waals surface area (Å²) in [6.07, 6.45) is 0.977. The van der Waals surface area contributed by atoms with E-state index >= 15 is 0 Å². The van der Waals surface area contributed by atoms with Gasteiger partial charge in [-0.2, -0.15) is 0 Å². The molecule has 0 aromatic rings. The van der Waals surface area contributed by atoms with Crippen molar-refractivity contribution in [1.82, 2.24) is 0 Å². The Kier molecular flexibility index (Phi) is 1.01. The summed E-state index contributed by atoms with van der Waals surface area (Å²) >= 11 is 1.55. The molecule has 2 nitrogen and oxygen atoms in total. The van der Waals surface area contributed by atoms with Gasteiger partial charge >= 0.3 is 0 Å². The highest BCUT2D eigenvalue weighted by atomic mass is 32.2. The molecule has 0 atom stereocenters. The summed E-state index contributed by atoms with van der Waals surface area (Å²) in [5.74, 6) is 1.87. The summed E-state index contributed by atoms with van der Waals surface area (Å²) in [7, 11) is 0. The van der Waals surface area contributed by atoms with Gasteiger partial charge in [-0.3, -0.25) is 0 Å². The van der Waals surface area contributed by atoms with E-state index in [4.69, 9.17) is 5.73 Å². The molecule has 0 aliphatic carbocycles. The van der Waals surface area contributed by atoms with Crippen LogP contribution in [-0.4, -0.2) is 11.6 Å². The molecule has 0 aromatic heterocycles. The third-order valence-electron chi connectivity index (χ3n) is 0.631. The minimum Gasteiger partial charge on any atom is -0.387 e. The maximum absolute atomic E-state index is 5.26. The van der Waals surface area contributed by atoms with E-state index in [2.05, 4.69) is 4.40 Å². The van der Waals surface area contributed by atoms with Gasteiger partial charge < -0.3 is 5.73 Å². The van der Waals surface area contributed by atoms with Gasteiger partial charge in [-0.05, 0) is 11.9 Å². The second-order valence-electron chi connectivity index (χ2n) is 1.17. The predicted octanol–water partition coefficient (Wildman–Crippen LogP) is 0.396. The molecule has 0 aromatic carbocycles. The Labute approximate surface area is 41.0 Å². The Morgan fingerprint density at radius 1 is 1.83 bits per heavy atom. The van der Waals surface area contributed by atoms with Crippen LogP contribution in [0, 0.1) is 0 Å². The minimum atomic E-state index is 0.792. The molecule has 6 heavy (non-hydrogen) atoms. The van der Waals surface area contributed by atoms with Crippen LogP contribution in [0.1, 0.15) is 6.42 Å². The van der Waals surface area contributed by atoms with Gasteiger partial charge in [0.2, 0.25) is 0 Å². The third kappa shape index (κ3) is 0.653. The molecule has 0 spiro atoms. The Hall–Kier alpha value is -0.180. The zero-order valence-electron chi connectivity index (χ0n) is 3.35. The average Bonchev–Trinajstić information content (AvgIpc) is 1.86. The Bertz CT molecular complexity index is 78.9. The van der Waals surface area contributed by atoms with Crippen LogP contribution in [-0.2, 0) is 0 Å². The van der Waals surface area contributed by atoms with Gasteiger partial charge in [0.15, 0.2) is 0 Å². The maximum atomic E-state index is 5.26. The van der Waals surface area contributed by atoms with Crippen LogP contribution in [0.25, 0.3) is 0 Å². The molecule has 3 heteroatoms. The summed E-state index contributed by atoms with van der Waals surface area (Å²) in [6, 6.07) is 0. The number of amidine groups is 1. The molecular formula is C3H6N2S. The fourth-order valence-corrected chi connectivity index (χ4v) is 0.973. The Morgan fingerprint density at radius 2 is 2.67 bits per heavy atom. The maximum Gasteiger partial charge on any atom is 0.108 e. The van der Waals surface area contributed by atoms with Crippen molar-refractivity contribution in [2.24, 2.45) is 10.1 Å². The van der Waals surface area contributed by atoms with Gasteiger partial charge in [0.05, 0.1) is 0 Å². The monoisotopic (exact) mass is 102 g/mol. The van der Waals surface area contributed by atoms with Gasteiger partial charge in [-0.15, -0.1) is 0 Å². The molecule has 1 heterocycles. The highest BCUT2D eigenvalue weighted by Gasteiger charge is 1.98. The van der Waals surface area contributed by atoms with Crippen LogP contribution >= 0.6 is 11.9 Å². The Balaban J connectivity index is 2.45. The molecule has 2 N–H and O–H groups in total. The minimum absolute atomic E-state index is 0.792. The van der Waals surface area contributed by atoms with Gasteiger partial charge in [-0.25, -0.2) is 4.40 Å². The molecule has 0 unspecified atom stereocenters. The summed E-state index contributed by atoms with van der Waals surface area (Å²) in [5, 5.41) is 0. The molecular weight excluding hydrogens is 96.1 g/mol. The van der Waals surface area contributed by atoms with Gasteiger partial charge in [0, 0.05) is 12.2 Å². The van der Waals surface area contributed by atoms with Crippen LogP contribution in [0.15, 0.2) is 4.40 Å². The topological polar surface area (TPSA) is 38.4 Å². The van der Waals surface area contributed by atoms with Crippen LogP contribution in [0.2, 0.25) is 0 Å². The fourth-order valence-electron chi connectivity index (χ4n) is 0.324. The number of hydrogen-bond donors (Lipinski definition) is 1. The molecule has 1 rings (SSSR count). The SMILES string of the molecule is NC1=NSCC1. The Morgan fingerprint density at radius 3 is 2.83 bits per heavy atom. The molecule has 0 fully saturated rings. The van der Waals surface area contributed by atoms with Crippen LogP contribution in [0.5, 0.6) is 0 Å². The van der Waals surface area contributed by atoms with Crippen molar-refractivity contribution in [2.45, 2.75) is 6.42 Å². The first kappa shape index (κ1) is 3.99. The number of nitrogens with zero attached hydrogens (tertiary/aromatic N) is 1. The van der Waals surface area contributed by atoms with Crippen LogP contribution < -0.4 is 5.73 Å². The van der Waals surface area contributed by atoms with E-state index in [-0.39, 0.29) is 0 Å². The highest BCUT2D eigenvalue weighted by molar-refractivity contribution is 7.98. The van der Waals surface area contributed by atoms with Crippen molar-refractivity contribution in [2.75, 3.05) is 5.75 Å². The van der Waals surface area contributed by atoms with E-state index in [1.165, 1.54) is 0 Å². The van der Waals surface area contributed by atoms with Gasteiger partial charge in [0.1, 0.15) is 5.84 Å². The highest BCUT2D eigenvalue weighted by Crippen LogP contribution is 2.10. The van der Waals surface area contributed by atoms with E-state index in [1.54, 1.807) is 11.9 Å². The lowest BCUT2D eigenvalue weighted by molar-refractivity contribution is 1.32. The zero-order valence-corrected chi connectivity index (χ0v) is 4.16. The summed E-state index contributed by atoms with van der Waals surface area (Å²) < 4.78 is 3.85. The second kappa shape index (κ2) is 1.51. The summed E-state index contributed by atoms with van der Waals surface area (Å²) in [4.78, 5) is 0. The van der Waals surface area contributed by atoms with E-state index < -0.39 is 0 Å². The number of nitrogens with two attached hydrogens (primary N) is 1. The summed E-state index contributed by atoms with van der Waals surface area (Å²) in [5.41, 5.74) is 5.26. The first-order valence-corrected chi connectivity index (χ1v) is 2.78. The predicted molar refractivity (Wildman–Crippen MR) is 28.7 cm³/mol. The van der Waals surface area contributed by atoms with Crippen molar-refractivity contribution in [3.05, 3.63) is 0 Å². The lowest BCUT2D eigenvalue weighted by Crippen LogP contribution is -2.06. The normalized spacial score (nSPS) is 21.0. The van der Waals surface area contributed by atoms with Crippen LogP contribution in [0.3, 0.4) is 0 Å². The molecule has 0 radical (unpaired) electrons. The largest absolute Gasteiger partial charge is 0.387 e. The van der Waals surface area contributed by atoms with E-state index in [1.807, 2.05) is 0 Å². The van der Waals surface area contributed by atoms with Crippen molar-refractivity contribution in [1.29, 1.82) is 0 Å². The average molecular weight is 102 g/mol. The smallest absolute Gasteiger partial charge is 0.108 e. The number of hydrogen-bond acceptors (Lipinski definition) is 3. The van der Waals surface area contributed by atoms with Crippen molar-refractivity contribution in [3.8, 4) is 0 Å².